The molecule has 1 aliphatic heterocycles. The number of aromatic nitrogens is 3. The van der Waals surface area contributed by atoms with E-state index in [2.05, 4.69) is 17.0 Å². The molecule has 6 atom stereocenters. The van der Waals surface area contributed by atoms with Crippen LogP contribution in [0.1, 0.15) is 126 Å². The SMILES string of the molecule is CCCCCCCCCCCCCCCCCCOC[C@H](COP(=O)(O)OC[C@H]1O[C@@](N)(c2ccc3c(N)ncnn23)[C@H](O)[C@@H]1O)OC(=O)c1ccccc1. The summed E-state index contributed by atoms with van der Waals surface area (Å²) in [5, 5.41) is 25.7. The van der Waals surface area contributed by atoms with Gasteiger partial charge in [-0.2, -0.15) is 5.10 Å². The first-order valence-electron chi connectivity index (χ1n) is 19.9. The van der Waals surface area contributed by atoms with E-state index in [9.17, 15) is 24.5 Å². The maximum Gasteiger partial charge on any atom is 0.472 e. The van der Waals surface area contributed by atoms with Gasteiger partial charge in [-0.3, -0.25) is 14.8 Å². The van der Waals surface area contributed by atoms with Crippen LogP contribution in [0, 0.1) is 0 Å². The fourth-order valence-corrected chi connectivity index (χ4v) is 7.46. The van der Waals surface area contributed by atoms with E-state index in [0.29, 0.717) is 17.7 Å². The number of nitrogens with two attached hydrogens (primary N) is 2. The maximum atomic E-state index is 12.9. The average Bonchev–Trinajstić information content (AvgIpc) is 3.72. The molecule has 1 saturated heterocycles. The van der Waals surface area contributed by atoms with Gasteiger partial charge in [-0.05, 0) is 30.7 Å². The van der Waals surface area contributed by atoms with E-state index in [1.165, 1.54) is 100 Å². The lowest BCUT2D eigenvalue weighted by atomic mass is 10.0. The summed E-state index contributed by atoms with van der Waals surface area (Å²) in [6.45, 7) is 1.44. The Kier molecular flexibility index (Phi) is 18.9. The van der Waals surface area contributed by atoms with Crippen molar-refractivity contribution in [3.8, 4) is 0 Å². The summed E-state index contributed by atoms with van der Waals surface area (Å²) in [6, 6.07) is 11.4. The van der Waals surface area contributed by atoms with Gasteiger partial charge in [0.15, 0.2) is 11.5 Å². The van der Waals surface area contributed by atoms with Gasteiger partial charge in [0, 0.05) is 6.61 Å². The highest BCUT2D eigenvalue weighted by Gasteiger charge is 2.55. The van der Waals surface area contributed by atoms with Crippen LogP contribution in [0.25, 0.3) is 5.52 Å². The molecule has 1 aromatic carbocycles. The van der Waals surface area contributed by atoms with Crippen LogP contribution in [0.4, 0.5) is 5.82 Å². The van der Waals surface area contributed by atoms with Gasteiger partial charge in [-0.25, -0.2) is 18.9 Å². The molecule has 1 aliphatic rings. The van der Waals surface area contributed by atoms with E-state index in [1.807, 2.05) is 0 Å². The molecule has 0 aliphatic carbocycles. The van der Waals surface area contributed by atoms with Gasteiger partial charge < -0.3 is 35.1 Å². The van der Waals surface area contributed by atoms with Crippen LogP contribution >= 0.6 is 7.82 Å². The topological polar surface area (TPSA) is 223 Å². The van der Waals surface area contributed by atoms with Crippen molar-refractivity contribution in [2.24, 2.45) is 5.73 Å². The molecule has 308 valence electrons. The smallest absolute Gasteiger partial charge is 0.454 e. The molecular formula is C39H62N5O10P. The quantitative estimate of drug-likeness (QED) is 0.0315. The van der Waals surface area contributed by atoms with Gasteiger partial charge in [0.25, 0.3) is 0 Å². The van der Waals surface area contributed by atoms with Gasteiger partial charge in [-0.1, -0.05) is 121 Å². The first-order valence-corrected chi connectivity index (χ1v) is 21.4. The van der Waals surface area contributed by atoms with Crippen molar-refractivity contribution in [3.63, 3.8) is 0 Å². The predicted molar refractivity (Wildman–Crippen MR) is 208 cm³/mol. The number of carbonyl (C=O) groups excluding carboxylic acids is 1. The highest BCUT2D eigenvalue weighted by atomic mass is 31.2. The first-order chi connectivity index (χ1) is 26.6. The number of carbonyl (C=O) groups is 1. The number of esters is 1. The number of hydrogen-bond acceptors (Lipinski definition) is 13. The Morgan fingerprint density at radius 2 is 1.49 bits per heavy atom. The van der Waals surface area contributed by atoms with Crippen molar-refractivity contribution >= 4 is 25.1 Å². The third-order valence-electron chi connectivity index (χ3n) is 9.93. The van der Waals surface area contributed by atoms with Crippen LogP contribution in [0.2, 0.25) is 0 Å². The fraction of sp³-hybridized carbons (Fsp3) is 0.667. The van der Waals surface area contributed by atoms with Gasteiger partial charge in [0.05, 0.1) is 31.1 Å². The van der Waals surface area contributed by atoms with E-state index >= 15 is 0 Å². The third kappa shape index (κ3) is 14.2. The Balaban J connectivity index is 1.16. The van der Waals surface area contributed by atoms with E-state index < -0.39 is 57.1 Å². The molecule has 3 heterocycles. The minimum atomic E-state index is -4.79. The van der Waals surface area contributed by atoms with Crippen LogP contribution in [-0.2, 0) is 33.5 Å². The summed E-state index contributed by atoms with van der Waals surface area (Å²) in [5.41, 5.74) is 11.2. The highest BCUT2D eigenvalue weighted by Crippen LogP contribution is 2.45. The average molecular weight is 792 g/mol. The Morgan fingerprint density at radius 1 is 0.891 bits per heavy atom. The predicted octanol–water partition coefficient (Wildman–Crippen LogP) is 6.18. The van der Waals surface area contributed by atoms with Crippen molar-refractivity contribution < 1.29 is 47.7 Å². The number of aliphatic hydroxyl groups excluding tert-OH is 2. The zero-order valence-corrected chi connectivity index (χ0v) is 33.1. The summed E-state index contributed by atoms with van der Waals surface area (Å²) in [6.07, 6.45) is 15.8. The number of rotatable bonds is 28. The lowest BCUT2D eigenvalue weighted by Crippen LogP contribution is -2.49. The van der Waals surface area contributed by atoms with Gasteiger partial charge in [0.1, 0.15) is 36.3 Å². The summed E-state index contributed by atoms with van der Waals surface area (Å²) < 4.78 is 41.7. The molecule has 7 N–H and O–H groups in total. The minimum absolute atomic E-state index is 0.0665. The molecule has 0 radical (unpaired) electrons. The molecule has 1 unspecified atom stereocenters. The van der Waals surface area contributed by atoms with Crippen LogP contribution in [0.15, 0.2) is 48.8 Å². The number of unbranched alkanes of at least 4 members (excludes halogenated alkanes) is 15. The fourth-order valence-electron chi connectivity index (χ4n) is 6.70. The lowest BCUT2D eigenvalue weighted by molar-refractivity contribution is -0.0977. The molecular weight excluding hydrogens is 729 g/mol. The van der Waals surface area contributed by atoms with Crippen molar-refractivity contribution in [1.82, 2.24) is 14.6 Å². The molecule has 0 spiro atoms. The lowest BCUT2D eigenvalue weighted by Gasteiger charge is -2.27. The number of anilines is 1. The molecule has 15 nitrogen and oxygen atoms in total. The van der Waals surface area contributed by atoms with Crippen LogP contribution < -0.4 is 11.5 Å². The van der Waals surface area contributed by atoms with Crippen molar-refractivity contribution in [1.29, 1.82) is 0 Å². The molecule has 55 heavy (non-hydrogen) atoms. The maximum absolute atomic E-state index is 12.9. The Hall–Kier alpha value is -2.98. The number of aliphatic hydroxyl groups is 2. The minimum Gasteiger partial charge on any atom is -0.454 e. The highest BCUT2D eigenvalue weighted by molar-refractivity contribution is 7.47. The number of phosphoric acid groups is 1. The van der Waals surface area contributed by atoms with E-state index in [1.54, 1.807) is 36.4 Å². The molecule has 2 aromatic heterocycles. The number of phosphoric ester groups is 1. The monoisotopic (exact) mass is 791 g/mol. The van der Waals surface area contributed by atoms with Crippen molar-refractivity contribution in [3.05, 3.63) is 60.0 Å². The zero-order chi connectivity index (χ0) is 39.5. The van der Waals surface area contributed by atoms with Gasteiger partial charge >= 0.3 is 13.8 Å². The Morgan fingerprint density at radius 3 is 2.11 bits per heavy atom. The zero-order valence-electron chi connectivity index (χ0n) is 32.2. The number of benzene rings is 1. The van der Waals surface area contributed by atoms with Crippen molar-refractivity contribution in [2.75, 3.05) is 32.2 Å². The second-order valence-corrected chi connectivity index (χ2v) is 15.8. The normalized spacial score (nSPS) is 21.5. The second kappa shape index (κ2) is 23.3. The summed E-state index contributed by atoms with van der Waals surface area (Å²) >= 11 is 0. The van der Waals surface area contributed by atoms with E-state index in [0.717, 1.165) is 19.3 Å². The van der Waals surface area contributed by atoms with Crippen molar-refractivity contribution in [2.45, 2.75) is 140 Å². The molecule has 16 heteroatoms. The van der Waals surface area contributed by atoms with E-state index in [-0.39, 0.29) is 18.1 Å². The first kappa shape index (κ1) is 44.7. The third-order valence-corrected chi connectivity index (χ3v) is 10.9. The number of nitrogen functional groups attached to an aromatic ring is 1. The van der Waals surface area contributed by atoms with Gasteiger partial charge in [-0.15, -0.1) is 0 Å². The second-order valence-electron chi connectivity index (χ2n) is 14.4. The Bertz CT molecular complexity index is 1600. The van der Waals surface area contributed by atoms with Crippen LogP contribution in [0.3, 0.4) is 0 Å². The summed E-state index contributed by atoms with van der Waals surface area (Å²) in [4.78, 5) is 27.2. The number of fused-ring (bicyclic) bond motifs is 1. The number of ether oxygens (including phenoxy) is 3. The number of nitrogens with zero attached hydrogens (tertiary/aromatic N) is 3. The molecule has 0 bridgehead atoms. The molecule has 0 saturated carbocycles. The largest absolute Gasteiger partial charge is 0.472 e. The standard InChI is InChI=1S/C39H62N5O10P/c1-2-3-4-5-6-7-8-9-10-11-12-13-14-15-16-20-25-50-26-31(53-38(47)30-21-18-17-19-22-30)27-51-55(48,49)52-28-33-35(45)36(46)39(41,54-33)34-24-23-32-37(40)42-29-43-44(32)34/h17-19,21-24,29,31,33,35-36,45-46H,2-16,20,25-28,41H2,1H3,(H,48,49)(H2,40,42,43)/t31-,33-,35-,36-,39+/m1/s1. The van der Waals surface area contributed by atoms with Crippen LogP contribution in [-0.4, -0.2) is 86.5 Å². The summed E-state index contributed by atoms with van der Waals surface area (Å²) in [5.74, 6) is -0.482. The van der Waals surface area contributed by atoms with Gasteiger partial charge in [0.2, 0.25) is 0 Å². The molecule has 1 fully saturated rings. The van der Waals surface area contributed by atoms with E-state index in [4.69, 9.17) is 34.7 Å². The molecule has 4 rings (SSSR count). The summed E-state index contributed by atoms with van der Waals surface area (Å²) in [7, 11) is -4.79. The molecule has 3 aromatic rings. The molecule has 0 amide bonds. The number of hydrogen-bond donors (Lipinski definition) is 5. The Labute approximate surface area is 324 Å². The van der Waals surface area contributed by atoms with Crippen LogP contribution in [0.5, 0.6) is 0 Å².